The summed E-state index contributed by atoms with van der Waals surface area (Å²) in [6, 6.07) is 10.1. The molecule has 0 spiro atoms. The highest BCUT2D eigenvalue weighted by molar-refractivity contribution is 6.31. The van der Waals surface area contributed by atoms with Crippen molar-refractivity contribution in [2.45, 2.75) is 0 Å². The van der Waals surface area contributed by atoms with Crippen LogP contribution in [0.15, 0.2) is 36.4 Å². The number of imidazole rings is 1. The summed E-state index contributed by atoms with van der Waals surface area (Å²) in [4.78, 5) is 4.15. The first kappa shape index (κ1) is 12.7. The molecule has 4 nitrogen and oxygen atoms in total. The van der Waals surface area contributed by atoms with E-state index in [9.17, 15) is 4.39 Å². The van der Waals surface area contributed by atoms with Crippen molar-refractivity contribution in [3.8, 4) is 11.4 Å². The molecule has 0 saturated carbocycles. The van der Waals surface area contributed by atoms with Crippen LogP contribution in [0, 0.1) is 5.82 Å². The summed E-state index contributed by atoms with van der Waals surface area (Å²) in [5, 5.41) is 0.0292. The molecule has 2 aromatic carbocycles. The number of benzene rings is 2. The van der Waals surface area contributed by atoms with E-state index in [-0.39, 0.29) is 11.0 Å². The second-order valence-electron chi connectivity index (χ2n) is 4.26. The van der Waals surface area contributed by atoms with E-state index in [2.05, 4.69) is 4.98 Å². The van der Waals surface area contributed by atoms with Gasteiger partial charge in [0.05, 0.1) is 28.9 Å². The quantitative estimate of drug-likeness (QED) is 0.787. The lowest BCUT2D eigenvalue weighted by Gasteiger charge is -2.08. The number of hydrogen-bond donors (Lipinski definition) is 1. The van der Waals surface area contributed by atoms with Gasteiger partial charge in [-0.1, -0.05) is 17.7 Å². The second-order valence-corrected chi connectivity index (χ2v) is 4.67. The van der Waals surface area contributed by atoms with Gasteiger partial charge in [0.15, 0.2) is 0 Å². The lowest BCUT2D eigenvalue weighted by Crippen LogP contribution is -2.00. The highest BCUT2D eigenvalue weighted by atomic mass is 35.5. The van der Waals surface area contributed by atoms with Crippen LogP contribution in [0.1, 0.15) is 0 Å². The highest BCUT2D eigenvalue weighted by Crippen LogP contribution is 2.28. The van der Waals surface area contributed by atoms with Crippen molar-refractivity contribution in [1.82, 2.24) is 9.55 Å². The van der Waals surface area contributed by atoms with Crippen LogP contribution in [-0.4, -0.2) is 16.7 Å². The molecule has 1 heterocycles. The van der Waals surface area contributed by atoms with Crippen LogP contribution in [0.3, 0.4) is 0 Å². The molecule has 0 aliphatic rings. The molecule has 0 aliphatic carbocycles. The van der Waals surface area contributed by atoms with Gasteiger partial charge in [-0.3, -0.25) is 4.57 Å². The molecule has 0 bridgehead atoms. The molecule has 0 radical (unpaired) electrons. The first-order chi connectivity index (χ1) is 9.60. The van der Waals surface area contributed by atoms with Crippen molar-refractivity contribution >= 4 is 28.6 Å². The Labute approximate surface area is 119 Å². The zero-order chi connectivity index (χ0) is 14.3. The van der Waals surface area contributed by atoms with Gasteiger partial charge in [-0.05, 0) is 18.2 Å². The number of aromatic nitrogens is 2. The molecular weight excluding hydrogens is 281 g/mol. The van der Waals surface area contributed by atoms with E-state index in [1.165, 1.54) is 12.1 Å². The molecule has 0 saturated heterocycles. The number of methoxy groups -OCH3 is 1. The van der Waals surface area contributed by atoms with Gasteiger partial charge in [0.1, 0.15) is 11.6 Å². The van der Waals surface area contributed by atoms with E-state index in [1.807, 2.05) is 24.3 Å². The topological polar surface area (TPSA) is 53.1 Å². The van der Waals surface area contributed by atoms with E-state index in [1.54, 1.807) is 11.7 Å². The predicted octanol–water partition coefficient (Wildman–Crippen LogP) is 3.41. The number of rotatable bonds is 2. The first-order valence-corrected chi connectivity index (χ1v) is 6.25. The van der Waals surface area contributed by atoms with Crippen LogP contribution in [0.4, 0.5) is 10.3 Å². The zero-order valence-corrected chi connectivity index (χ0v) is 11.4. The Morgan fingerprint density at radius 3 is 2.85 bits per heavy atom. The maximum atomic E-state index is 13.5. The van der Waals surface area contributed by atoms with Gasteiger partial charge in [-0.25, -0.2) is 9.37 Å². The summed E-state index contributed by atoms with van der Waals surface area (Å²) in [6.45, 7) is 0. The summed E-state index contributed by atoms with van der Waals surface area (Å²) in [5.74, 6) is 0.432. The van der Waals surface area contributed by atoms with E-state index in [0.29, 0.717) is 16.8 Å². The van der Waals surface area contributed by atoms with E-state index >= 15 is 0 Å². The average Bonchev–Trinajstić information content (AvgIpc) is 2.74. The highest BCUT2D eigenvalue weighted by Gasteiger charge is 2.13. The van der Waals surface area contributed by atoms with Crippen LogP contribution < -0.4 is 10.5 Å². The molecule has 0 fully saturated rings. The Kier molecular flexibility index (Phi) is 2.99. The number of nitrogens with two attached hydrogens (primary N) is 1. The number of hydrogen-bond acceptors (Lipinski definition) is 3. The minimum absolute atomic E-state index is 0.0292. The van der Waals surface area contributed by atoms with Crippen molar-refractivity contribution in [2.75, 3.05) is 12.8 Å². The van der Waals surface area contributed by atoms with Gasteiger partial charge in [-0.15, -0.1) is 0 Å². The van der Waals surface area contributed by atoms with Crippen molar-refractivity contribution in [1.29, 1.82) is 0 Å². The monoisotopic (exact) mass is 291 g/mol. The van der Waals surface area contributed by atoms with E-state index < -0.39 is 5.82 Å². The number of nitrogen functional groups attached to an aromatic ring is 1. The minimum atomic E-state index is -0.519. The Morgan fingerprint density at radius 1 is 1.30 bits per heavy atom. The summed E-state index contributed by atoms with van der Waals surface area (Å²) in [5.41, 5.74) is 7.78. The van der Waals surface area contributed by atoms with Crippen molar-refractivity contribution in [3.63, 3.8) is 0 Å². The number of fused-ring (bicyclic) bond motifs is 1. The fraction of sp³-hybridized carbons (Fsp3) is 0.0714. The van der Waals surface area contributed by atoms with Crippen molar-refractivity contribution in [2.24, 2.45) is 0 Å². The van der Waals surface area contributed by atoms with Gasteiger partial charge >= 0.3 is 0 Å². The first-order valence-electron chi connectivity index (χ1n) is 5.87. The largest absolute Gasteiger partial charge is 0.497 e. The third kappa shape index (κ3) is 1.96. The normalized spacial score (nSPS) is 10.9. The van der Waals surface area contributed by atoms with Crippen LogP contribution in [0.25, 0.3) is 16.7 Å². The Bertz CT molecular complexity index is 800. The fourth-order valence-corrected chi connectivity index (χ4v) is 2.27. The van der Waals surface area contributed by atoms with Gasteiger partial charge in [0.2, 0.25) is 5.95 Å². The fourth-order valence-electron chi connectivity index (χ4n) is 2.11. The molecule has 0 unspecified atom stereocenters. The zero-order valence-electron chi connectivity index (χ0n) is 10.6. The van der Waals surface area contributed by atoms with Crippen molar-refractivity contribution in [3.05, 3.63) is 47.2 Å². The van der Waals surface area contributed by atoms with Crippen LogP contribution in [-0.2, 0) is 0 Å². The lowest BCUT2D eigenvalue weighted by molar-refractivity contribution is 0.414. The molecule has 20 heavy (non-hydrogen) atoms. The third-order valence-corrected chi connectivity index (χ3v) is 3.32. The van der Waals surface area contributed by atoms with Gasteiger partial charge in [-0.2, -0.15) is 0 Å². The third-order valence-electron chi connectivity index (χ3n) is 3.03. The number of halogens is 2. The average molecular weight is 292 g/mol. The molecule has 2 N–H and O–H groups in total. The van der Waals surface area contributed by atoms with E-state index in [0.717, 1.165) is 5.69 Å². The van der Waals surface area contributed by atoms with Crippen LogP contribution in [0.2, 0.25) is 5.02 Å². The Hall–Kier alpha value is -2.27. The Balaban J connectivity index is 2.29. The van der Waals surface area contributed by atoms with Gasteiger partial charge < -0.3 is 10.5 Å². The number of anilines is 1. The van der Waals surface area contributed by atoms with Crippen LogP contribution >= 0.6 is 11.6 Å². The maximum absolute atomic E-state index is 13.5. The maximum Gasteiger partial charge on any atom is 0.205 e. The SMILES string of the molecule is COc1cccc(-n2c(N)nc3cc(F)c(Cl)cc32)c1. The molecule has 3 rings (SSSR count). The number of ether oxygens (including phenoxy) is 1. The van der Waals surface area contributed by atoms with Gasteiger partial charge in [0.25, 0.3) is 0 Å². The van der Waals surface area contributed by atoms with Gasteiger partial charge in [0, 0.05) is 12.1 Å². The van der Waals surface area contributed by atoms with E-state index in [4.69, 9.17) is 22.1 Å². The summed E-state index contributed by atoms with van der Waals surface area (Å²) in [6.07, 6.45) is 0. The molecule has 6 heteroatoms. The standard InChI is InChI=1S/C14H11ClFN3O/c1-20-9-4-2-3-8(5-9)19-13-6-10(15)11(16)7-12(13)18-14(19)17/h2-7H,1H3,(H2,17,18). The predicted molar refractivity (Wildman–Crippen MR) is 77.0 cm³/mol. The smallest absolute Gasteiger partial charge is 0.205 e. The molecule has 0 amide bonds. The molecular formula is C14H11ClFN3O. The van der Waals surface area contributed by atoms with Crippen molar-refractivity contribution < 1.29 is 9.13 Å². The second kappa shape index (κ2) is 4.68. The summed E-state index contributed by atoms with van der Waals surface area (Å²) in [7, 11) is 1.58. The molecule has 3 aromatic rings. The molecule has 0 aliphatic heterocycles. The minimum Gasteiger partial charge on any atom is -0.497 e. The molecule has 0 atom stereocenters. The van der Waals surface area contributed by atoms with Crippen LogP contribution in [0.5, 0.6) is 5.75 Å². The molecule has 1 aromatic heterocycles. The summed E-state index contributed by atoms with van der Waals surface area (Å²) < 4.78 is 20.4. The number of nitrogens with zero attached hydrogens (tertiary/aromatic N) is 2. The summed E-state index contributed by atoms with van der Waals surface area (Å²) >= 11 is 5.83. The molecule has 102 valence electrons. The Morgan fingerprint density at radius 2 is 2.10 bits per heavy atom. The lowest BCUT2D eigenvalue weighted by atomic mass is 10.2.